The molecule has 1 fully saturated rings. The summed E-state index contributed by atoms with van der Waals surface area (Å²) in [6, 6.07) is 10.2. The average Bonchev–Trinajstić information content (AvgIpc) is 3.21. The third-order valence-electron chi connectivity index (χ3n) is 5.71. The quantitative estimate of drug-likeness (QED) is 0.590. The van der Waals surface area contributed by atoms with Crippen molar-refractivity contribution in [1.29, 1.82) is 0 Å². The van der Waals surface area contributed by atoms with E-state index in [9.17, 15) is 19.1 Å². The van der Waals surface area contributed by atoms with E-state index in [-0.39, 0.29) is 28.0 Å². The van der Waals surface area contributed by atoms with Crippen LogP contribution in [0.2, 0.25) is 5.02 Å². The van der Waals surface area contributed by atoms with Crippen LogP contribution in [0.3, 0.4) is 0 Å². The van der Waals surface area contributed by atoms with Gasteiger partial charge < -0.3 is 5.11 Å². The number of anilines is 1. The fraction of sp³-hybridized carbons (Fsp3) is 0.227. The van der Waals surface area contributed by atoms with Crippen molar-refractivity contribution in [3.8, 4) is 0 Å². The Kier molecular flexibility index (Phi) is 4.60. The van der Waals surface area contributed by atoms with Crippen LogP contribution in [0.15, 0.2) is 53.8 Å². The highest BCUT2D eigenvalue weighted by Gasteiger charge is 2.48. The molecule has 1 unspecified atom stereocenters. The molecule has 0 radical (unpaired) electrons. The van der Waals surface area contributed by atoms with Gasteiger partial charge in [0.1, 0.15) is 17.4 Å². The highest BCUT2D eigenvalue weighted by molar-refractivity contribution is 7.22. The van der Waals surface area contributed by atoms with E-state index >= 15 is 0 Å². The Morgan fingerprint density at radius 3 is 2.63 bits per heavy atom. The molecule has 1 aromatic heterocycles. The molecule has 8 heteroatoms. The number of rotatable bonds is 4. The van der Waals surface area contributed by atoms with Gasteiger partial charge >= 0.3 is 0 Å². The van der Waals surface area contributed by atoms with E-state index in [1.165, 1.54) is 34.4 Å². The predicted molar refractivity (Wildman–Crippen MR) is 113 cm³/mol. The smallest absolute Gasteiger partial charge is 0.296 e. The van der Waals surface area contributed by atoms with Crippen molar-refractivity contribution in [3.63, 3.8) is 0 Å². The van der Waals surface area contributed by atoms with Gasteiger partial charge in [-0.2, -0.15) is 0 Å². The highest BCUT2D eigenvalue weighted by atomic mass is 35.5. The van der Waals surface area contributed by atoms with E-state index in [0.717, 1.165) is 11.1 Å². The van der Waals surface area contributed by atoms with Crippen molar-refractivity contribution in [2.45, 2.75) is 25.3 Å². The minimum atomic E-state index is -1.08. The lowest BCUT2D eigenvalue weighted by atomic mass is 9.77. The summed E-state index contributed by atoms with van der Waals surface area (Å²) in [6.45, 7) is 0. The number of para-hydroxylation sites is 1. The predicted octanol–water partition coefficient (Wildman–Crippen LogP) is 5.36. The Balaban J connectivity index is 1.69. The largest absolute Gasteiger partial charge is 0.503 e. The zero-order valence-corrected chi connectivity index (χ0v) is 17.2. The topological polar surface area (TPSA) is 70.5 Å². The Hall–Kier alpha value is -2.77. The van der Waals surface area contributed by atoms with Crippen molar-refractivity contribution >= 4 is 50.0 Å². The number of aliphatic hydroxyl groups excluding tert-OH is 1. The lowest BCUT2D eigenvalue weighted by Gasteiger charge is -2.29. The SMILES string of the molecule is O=C(C1=C(O)C(=O)N(c2nc3c(Cl)cccc3s2)C1c1ccccc1F)C1CCC1. The second-order valence-corrected chi connectivity index (χ2v) is 8.85. The van der Waals surface area contributed by atoms with Gasteiger partial charge in [0.25, 0.3) is 5.91 Å². The summed E-state index contributed by atoms with van der Waals surface area (Å²) >= 11 is 7.43. The third-order valence-corrected chi connectivity index (χ3v) is 7.04. The number of nitrogens with zero attached hydrogens (tertiary/aromatic N) is 2. The summed E-state index contributed by atoms with van der Waals surface area (Å²) in [5, 5.41) is 11.3. The van der Waals surface area contributed by atoms with Crippen LogP contribution in [0, 0.1) is 11.7 Å². The number of Topliss-reactive ketones (excluding diaryl/α,β-unsaturated/α-hetero) is 1. The fourth-order valence-electron chi connectivity index (χ4n) is 3.94. The number of ketones is 1. The van der Waals surface area contributed by atoms with Gasteiger partial charge in [-0.3, -0.25) is 14.5 Å². The number of benzene rings is 2. The molecule has 0 bridgehead atoms. The number of carbonyl (C=O) groups excluding carboxylic acids is 2. The van der Waals surface area contributed by atoms with Crippen LogP contribution >= 0.6 is 22.9 Å². The standard InChI is InChI=1S/C22H16ClFN2O3S/c23-13-8-4-10-15-17(13)25-22(30-15)26-18(12-7-1-2-9-14(12)24)16(20(28)21(26)29)19(27)11-5-3-6-11/h1-2,4,7-11,18,28H,3,5-6H2. The third kappa shape index (κ3) is 2.84. The monoisotopic (exact) mass is 442 g/mol. The lowest BCUT2D eigenvalue weighted by Crippen LogP contribution is -2.33. The summed E-state index contributed by atoms with van der Waals surface area (Å²) in [5.74, 6) is -2.52. The Morgan fingerprint density at radius 1 is 1.20 bits per heavy atom. The Morgan fingerprint density at radius 2 is 1.97 bits per heavy atom. The molecule has 0 spiro atoms. The molecule has 0 saturated heterocycles. The van der Waals surface area contributed by atoms with Gasteiger partial charge in [-0.05, 0) is 31.0 Å². The average molecular weight is 443 g/mol. The zero-order chi connectivity index (χ0) is 21.0. The maximum Gasteiger partial charge on any atom is 0.296 e. The summed E-state index contributed by atoms with van der Waals surface area (Å²) in [4.78, 5) is 31.9. The molecule has 2 aromatic carbocycles. The molecule has 152 valence electrons. The minimum Gasteiger partial charge on any atom is -0.503 e. The van der Waals surface area contributed by atoms with Gasteiger partial charge in [0, 0.05) is 11.5 Å². The number of amides is 1. The number of carbonyl (C=O) groups is 2. The Labute approximate surface area is 180 Å². The molecule has 5 nitrogen and oxygen atoms in total. The van der Waals surface area contributed by atoms with Crippen molar-refractivity contribution in [2.24, 2.45) is 5.92 Å². The first-order valence-corrected chi connectivity index (χ1v) is 10.8. The number of hydrogen-bond acceptors (Lipinski definition) is 5. The first-order valence-electron chi connectivity index (χ1n) is 9.57. The van der Waals surface area contributed by atoms with Gasteiger partial charge in [-0.25, -0.2) is 9.37 Å². The lowest BCUT2D eigenvalue weighted by molar-refractivity contribution is -0.122. The minimum absolute atomic E-state index is 0.0554. The molecule has 1 amide bonds. The molecule has 1 N–H and O–H groups in total. The molecule has 30 heavy (non-hydrogen) atoms. The number of aliphatic hydroxyl groups is 1. The molecule has 1 aliphatic carbocycles. The maximum atomic E-state index is 14.8. The van der Waals surface area contributed by atoms with E-state index < -0.39 is 23.5 Å². The number of hydrogen-bond donors (Lipinski definition) is 1. The zero-order valence-electron chi connectivity index (χ0n) is 15.6. The van der Waals surface area contributed by atoms with Crippen LogP contribution in [-0.2, 0) is 9.59 Å². The first-order chi connectivity index (χ1) is 14.5. The van der Waals surface area contributed by atoms with Crippen LogP contribution < -0.4 is 4.90 Å². The first kappa shape index (κ1) is 19.2. The van der Waals surface area contributed by atoms with E-state index in [1.54, 1.807) is 18.2 Å². The number of thiazole rings is 1. The molecule has 2 heterocycles. The van der Waals surface area contributed by atoms with Crippen molar-refractivity contribution in [1.82, 2.24) is 4.98 Å². The van der Waals surface area contributed by atoms with Crippen LogP contribution in [0.25, 0.3) is 10.2 Å². The van der Waals surface area contributed by atoms with Crippen LogP contribution in [0.1, 0.15) is 30.9 Å². The van der Waals surface area contributed by atoms with Crippen LogP contribution in [-0.4, -0.2) is 21.8 Å². The molecule has 1 saturated carbocycles. The van der Waals surface area contributed by atoms with Gasteiger partial charge in [-0.1, -0.05) is 53.6 Å². The second kappa shape index (κ2) is 7.18. The summed E-state index contributed by atoms with van der Waals surface area (Å²) in [7, 11) is 0. The molecular weight excluding hydrogens is 427 g/mol. The summed E-state index contributed by atoms with van der Waals surface area (Å²) in [6.07, 6.45) is 2.32. The molecule has 1 atom stereocenters. The molecule has 3 aromatic rings. The van der Waals surface area contributed by atoms with Gasteiger partial charge in [0.15, 0.2) is 16.7 Å². The fourth-order valence-corrected chi connectivity index (χ4v) is 5.23. The molecule has 2 aliphatic rings. The van der Waals surface area contributed by atoms with Crippen LogP contribution in [0.5, 0.6) is 0 Å². The van der Waals surface area contributed by atoms with Crippen LogP contribution in [0.4, 0.5) is 9.52 Å². The molecule has 1 aliphatic heterocycles. The second-order valence-electron chi connectivity index (χ2n) is 7.44. The van der Waals surface area contributed by atoms with E-state index in [4.69, 9.17) is 11.6 Å². The maximum absolute atomic E-state index is 14.8. The van der Waals surface area contributed by atoms with Crippen molar-refractivity contribution in [3.05, 3.63) is 70.2 Å². The normalized spacial score (nSPS) is 19.6. The van der Waals surface area contributed by atoms with Gasteiger partial charge in [0.2, 0.25) is 0 Å². The van der Waals surface area contributed by atoms with E-state index in [2.05, 4.69) is 4.98 Å². The molecular formula is C22H16ClFN2O3S. The van der Waals surface area contributed by atoms with E-state index in [1.807, 2.05) is 6.07 Å². The van der Waals surface area contributed by atoms with Crippen molar-refractivity contribution in [2.75, 3.05) is 4.90 Å². The molecule has 5 rings (SSSR count). The van der Waals surface area contributed by atoms with E-state index in [0.29, 0.717) is 23.4 Å². The number of halogens is 2. The Bertz CT molecular complexity index is 1230. The van der Waals surface area contributed by atoms with Gasteiger partial charge in [0.05, 0.1) is 15.3 Å². The van der Waals surface area contributed by atoms with Gasteiger partial charge in [-0.15, -0.1) is 0 Å². The highest BCUT2D eigenvalue weighted by Crippen LogP contribution is 2.46. The number of aromatic nitrogens is 1. The number of fused-ring (bicyclic) bond motifs is 1. The summed E-state index contributed by atoms with van der Waals surface area (Å²) < 4.78 is 15.5. The summed E-state index contributed by atoms with van der Waals surface area (Å²) in [5.41, 5.74) is 0.598. The van der Waals surface area contributed by atoms with Crippen molar-refractivity contribution < 1.29 is 19.1 Å².